The van der Waals surface area contributed by atoms with Gasteiger partial charge >= 0.3 is 0 Å². The van der Waals surface area contributed by atoms with Crippen molar-refractivity contribution in [2.24, 2.45) is 0 Å². The Balaban J connectivity index is 1.92. The van der Waals surface area contributed by atoms with Crippen molar-refractivity contribution in [2.75, 3.05) is 50.8 Å². The molecule has 1 aromatic heterocycles. The number of anilines is 3. The van der Waals surface area contributed by atoms with Gasteiger partial charge in [0.1, 0.15) is 37.8 Å². The van der Waals surface area contributed by atoms with Crippen molar-refractivity contribution in [2.45, 2.75) is 0 Å². The molecule has 3 rings (SSSR count). The minimum atomic E-state index is -0.557. The van der Waals surface area contributed by atoms with Crippen LogP contribution in [0.15, 0.2) is 47.2 Å². The van der Waals surface area contributed by atoms with E-state index < -0.39 is 6.67 Å². The molecule has 8 nitrogen and oxygen atoms in total. The van der Waals surface area contributed by atoms with Crippen molar-refractivity contribution in [1.82, 2.24) is 9.97 Å². The lowest BCUT2D eigenvalue weighted by Crippen LogP contribution is -2.18. The number of methoxy groups -OCH3 is 1. The van der Waals surface area contributed by atoms with Gasteiger partial charge in [-0.25, -0.2) is 14.4 Å². The molecule has 0 aliphatic heterocycles. The fourth-order valence-electron chi connectivity index (χ4n) is 2.79. The Labute approximate surface area is 187 Å². The Morgan fingerprint density at radius 2 is 2.03 bits per heavy atom. The van der Waals surface area contributed by atoms with Crippen LogP contribution in [0, 0.1) is 0 Å². The van der Waals surface area contributed by atoms with Crippen LogP contribution >= 0.6 is 15.9 Å². The summed E-state index contributed by atoms with van der Waals surface area (Å²) in [5.74, 6) is 0.648. The molecule has 0 saturated carbocycles. The van der Waals surface area contributed by atoms with Crippen LogP contribution in [0.25, 0.3) is 10.9 Å². The number of carbonyl (C=O) groups excluding carboxylic acids is 1. The van der Waals surface area contributed by atoms with Gasteiger partial charge in [0.15, 0.2) is 0 Å². The Morgan fingerprint density at radius 1 is 1.16 bits per heavy atom. The van der Waals surface area contributed by atoms with Crippen molar-refractivity contribution in [3.8, 4) is 5.75 Å². The molecule has 3 aromatic rings. The van der Waals surface area contributed by atoms with Crippen LogP contribution in [-0.2, 0) is 14.3 Å². The van der Waals surface area contributed by atoms with Crippen LogP contribution in [0.1, 0.15) is 0 Å². The molecule has 0 aliphatic rings. The van der Waals surface area contributed by atoms with Crippen LogP contribution in [0.2, 0.25) is 0 Å². The normalized spacial score (nSPS) is 10.8. The molecule has 0 radical (unpaired) electrons. The topological polar surface area (TPSA) is 94.6 Å². The Hall–Kier alpha value is -2.82. The van der Waals surface area contributed by atoms with Gasteiger partial charge < -0.3 is 24.8 Å². The minimum absolute atomic E-state index is 0.0103. The molecule has 0 unspecified atom stereocenters. The molecule has 1 heterocycles. The second-order valence-electron chi connectivity index (χ2n) is 6.35. The standard InChI is InChI=1S/C21H22BrFN4O4/c1-29-12-20(28)27-18-10-16-17(11-19(18)31-8-7-30-6-5-23)24-13-25-21(16)26-15-4-2-3-14(22)9-15/h2-4,9-11,13H,5-8,12H2,1H3,(H,27,28)(H,24,25,26). The number of nitrogens with one attached hydrogen (secondary N) is 2. The average molecular weight is 493 g/mol. The van der Waals surface area contributed by atoms with Crippen LogP contribution < -0.4 is 15.4 Å². The summed E-state index contributed by atoms with van der Waals surface area (Å²) in [6.07, 6.45) is 1.44. The molecule has 0 atom stereocenters. The molecule has 0 bridgehead atoms. The van der Waals surface area contributed by atoms with Gasteiger partial charge in [0.25, 0.3) is 0 Å². The molecule has 0 spiro atoms. The third kappa shape index (κ3) is 6.58. The van der Waals surface area contributed by atoms with Gasteiger partial charge in [-0.3, -0.25) is 4.79 Å². The van der Waals surface area contributed by atoms with Crippen molar-refractivity contribution >= 4 is 49.9 Å². The highest BCUT2D eigenvalue weighted by Gasteiger charge is 2.14. The highest BCUT2D eigenvalue weighted by Crippen LogP contribution is 2.33. The fraction of sp³-hybridized carbons (Fsp3) is 0.286. The monoisotopic (exact) mass is 492 g/mol. The Morgan fingerprint density at radius 3 is 2.81 bits per heavy atom. The summed E-state index contributed by atoms with van der Waals surface area (Å²) in [5.41, 5.74) is 1.90. The highest BCUT2D eigenvalue weighted by atomic mass is 79.9. The first kappa shape index (κ1) is 22.9. The van der Waals surface area contributed by atoms with Gasteiger partial charge in [0, 0.05) is 28.7 Å². The van der Waals surface area contributed by atoms with Gasteiger partial charge in [0.05, 0.1) is 24.4 Å². The highest BCUT2D eigenvalue weighted by molar-refractivity contribution is 9.10. The number of nitrogens with zero attached hydrogens (tertiary/aromatic N) is 2. The molecule has 31 heavy (non-hydrogen) atoms. The maximum Gasteiger partial charge on any atom is 0.250 e. The third-order valence-corrected chi connectivity index (χ3v) is 4.57. The molecule has 164 valence electrons. The van der Waals surface area contributed by atoms with E-state index in [2.05, 4.69) is 36.5 Å². The van der Waals surface area contributed by atoms with Gasteiger partial charge in [-0.1, -0.05) is 22.0 Å². The van der Waals surface area contributed by atoms with E-state index in [-0.39, 0.29) is 32.3 Å². The number of hydrogen-bond acceptors (Lipinski definition) is 7. The molecule has 10 heteroatoms. The van der Waals surface area contributed by atoms with Crippen LogP contribution in [-0.4, -0.2) is 56.1 Å². The smallest absolute Gasteiger partial charge is 0.250 e. The van der Waals surface area contributed by atoms with Gasteiger partial charge in [-0.2, -0.15) is 0 Å². The Bertz CT molecular complexity index is 1040. The summed E-state index contributed by atoms with van der Waals surface area (Å²) >= 11 is 3.45. The van der Waals surface area contributed by atoms with Crippen LogP contribution in [0.4, 0.5) is 21.6 Å². The zero-order chi connectivity index (χ0) is 22.1. The quantitative estimate of drug-likeness (QED) is 0.389. The van der Waals surface area contributed by atoms with E-state index >= 15 is 0 Å². The number of carbonyl (C=O) groups is 1. The minimum Gasteiger partial charge on any atom is -0.489 e. The van der Waals surface area contributed by atoms with Crippen LogP contribution in [0.3, 0.4) is 0 Å². The molecule has 2 N–H and O–H groups in total. The molecule has 2 aromatic carbocycles. The molecule has 0 aliphatic carbocycles. The van der Waals surface area contributed by atoms with E-state index in [1.807, 2.05) is 24.3 Å². The maximum atomic E-state index is 12.2. The number of aromatic nitrogens is 2. The number of benzene rings is 2. The Kier molecular flexibility index (Phi) is 8.51. The fourth-order valence-corrected chi connectivity index (χ4v) is 3.19. The lowest BCUT2D eigenvalue weighted by Gasteiger charge is -2.15. The number of amides is 1. The molecule has 0 fully saturated rings. The van der Waals surface area contributed by atoms with Crippen LogP contribution in [0.5, 0.6) is 5.75 Å². The average Bonchev–Trinajstić information content (AvgIpc) is 2.74. The van der Waals surface area contributed by atoms with Gasteiger partial charge in [-0.15, -0.1) is 0 Å². The van der Waals surface area contributed by atoms with Crippen molar-refractivity contribution < 1.29 is 23.4 Å². The van der Waals surface area contributed by atoms with E-state index in [1.54, 1.807) is 12.1 Å². The zero-order valence-corrected chi connectivity index (χ0v) is 18.4. The maximum absolute atomic E-state index is 12.2. The number of fused-ring (bicyclic) bond motifs is 1. The van der Waals surface area contributed by atoms with Crippen molar-refractivity contribution in [1.29, 1.82) is 0 Å². The lowest BCUT2D eigenvalue weighted by molar-refractivity contribution is -0.119. The summed E-state index contributed by atoms with van der Waals surface area (Å²) < 4.78 is 28.8. The van der Waals surface area contributed by atoms with E-state index in [1.165, 1.54) is 13.4 Å². The predicted octanol–water partition coefficient (Wildman–Crippen LogP) is 4.09. The second kappa shape index (κ2) is 11.5. The molecule has 0 saturated heterocycles. The van der Waals surface area contributed by atoms with E-state index in [9.17, 15) is 9.18 Å². The molecular weight excluding hydrogens is 471 g/mol. The van der Waals surface area contributed by atoms with Gasteiger partial charge in [-0.05, 0) is 24.3 Å². The van der Waals surface area contributed by atoms with Gasteiger partial charge in [0.2, 0.25) is 5.91 Å². The summed E-state index contributed by atoms with van der Waals surface area (Å²) in [6, 6.07) is 11.1. The third-order valence-electron chi connectivity index (χ3n) is 4.08. The van der Waals surface area contributed by atoms with Crippen molar-refractivity contribution in [3.05, 3.63) is 47.2 Å². The SMILES string of the molecule is COCC(=O)Nc1cc2c(Nc3cccc(Br)c3)ncnc2cc1OCCOCCF. The van der Waals surface area contributed by atoms with E-state index in [4.69, 9.17) is 14.2 Å². The van der Waals surface area contributed by atoms with E-state index in [0.29, 0.717) is 28.2 Å². The number of hydrogen-bond donors (Lipinski definition) is 2. The number of alkyl halides is 1. The first-order valence-corrected chi connectivity index (χ1v) is 10.3. The number of ether oxygens (including phenoxy) is 3. The summed E-state index contributed by atoms with van der Waals surface area (Å²) in [6.45, 7) is -0.249. The lowest BCUT2D eigenvalue weighted by atomic mass is 10.2. The first-order valence-electron chi connectivity index (χ1n) is 9.47. The van der Waals surface area contributed by atoms with Crippen molar-refractivity contribution in [3.63, 3.8) is 0 Å². The first-order chi connectivity index (χ1) is 15.1. The summed E-state index contributed by atoms with van der Waals surface area (Å²) in [7, 11) is 1.44. The number of rotatable bonds is 11. The second-order valence-corrected chi connectivity index (χ2v) is 7.27. The summed E-state index contributed by atoms with van der Waals surface area (Å²) in [5, 5.41) is 6.73. The van der Waals surface area contributed by atoms with E-state index in [0.717, 1.165) is 10.2 Å². The molecule has 1 amide bonds. The zero-order valence-electron chi connectivity index (χ0n) is 16.9. The molecular formula is C21H22BrFN4O4. The predicted molar refractivity (Wildman–Crippen MR) is 120 cm³/mol. The summed E-state index contributed by atoms with van der Waals surface area (Å²) in [4.78, 5) is 20.8. The largest absolute Gasteiger partial charge is 0.489 e. The number of halogens is 2.